The first-order chi connectivity index (χ1) is 33.3. The molecule has 3 aliphatic heterocycles. The molecule has 9 rings (SSSR count). The van der Waals surface area contributed by atoms with Crippen molar-refractivity contribution in [2.75, 3.05) is 96.6 Å². The largest absolute Gasteiger partial charge is 0.496 e. The van der Waals surface area contributed by atoms with Crippen molar-refractivity contribution in [1.29, 1.82) is 0 Å². The number of piperazine rings is 2. The van der Waals surface area contributed by atoms with E-state index in [1.54, 1.807) is 46.2 Å². The third-order valence-electron chi connectivity index (χ3n) is 12.3. The summed E-state index contributed by atoms with van der Waals surface area (Å²) in [6, 6.07) is 12.9. The van der Waals surface area contributed by atoms with E-state index in [0.717, 1.165) is 19.4 Å². The minimum atomic E-state index is -0.517. The second kappa shape index (κ2) is 21.4. The lowest BCUT2D eigenvalue weighted by Crippen LogP contribution is -2.48. The van der Waals surface area contributed by atoms with Crippen LogP contribution >= 0.6 is 34.8 Å². The van der Waals surface area contributed by atoms with E-state index < -0.39 is 11.6 Å². The molecular weight excluding hydrogens is 955 g/mol. The fraction of sp³-hybridized carbons (Fsp3) is 0.333. The number of anilines is 2. The summed E-state index contributed by atoms with van der Waals surface area (Å²) in [6.45, 7) is 12.8. The number of likely N-dealkylation sites (N-methyl/N-ethyl adjacent to an activating group) is 1. The van der Waals surface area contributed by atoms with Crippen LogP contribution in [0.4, 0.5) is 20.4 Å². The van der Waals surface area contributed by atoms with Gasteiger partial charge in [-0.25, -0.2) is 18.7 Å². The van der Waals surface area contributed by atoms with Crippen LogP contribution in [0.25, 0.3) is 44.6 Å². The summed E-state index contributed by atoms with van der Waals surface area (Å²) in [5.41, 5.74) is 1.34. The zero-order valence-corrected chi connectivity index (χ0v) is 40.4. The molecule has 1 atom stereocenters. The number of halogens is 5. The molecule has 3 fully saturated rings. The standard InChI is InChI=1S/C27H30ClFN6O3.C21H18Cl2FN5O2/c1-4-22(36)34-11-13-35(14-12-34)26-18-15-19(28)24(23-20(29)8-5-9-21(23)37-3)30-25(18)31-27(32-26)38-16-17-7-6-10-33(17)2;1-3-16(30)28-7-9-29(10-8-28)20-12-11-13(22)18(25-19(12)26-21(23)27-20)17-14(24)5-4-6-15(17)31-2/h4-5,8-9,15,17H,1,6-7,10-14,16H2,2-3H3;3-6,11H,1,7-10H2,2H3/t17-;/m0./s1. The van der Waals surface area contributed by atoms with Crippen LogP contribution in [0, 0.1) is 11.6 Å². The van der Waals surface area contributed by atoms with Crippen molar-refractivity contribution in [3.05, 3.63) is 101 Å². The van der Waals surface area contributed by atoms with Crippen LogP contribution in [0.3, 0.4) is 0 Å². The van der Waals surface area contributed by atoms with Gasteiger partial charge in [0.25, 0.3) is 0 Å². The number of ether oxygens (including phenoxy) is 3. The summed E-state index contributed by atoms with van der Waals surface area (Å²) >= 11 is 19.4. The number of likely N-dealkylation sites (tertiary alicyclic amines) is 1. The Morgan fingerprint density at radius 1 is 0.681 bits per heavy atom. The molecule has 0 saturated carbocycles. The number of fused-ring (bicyclic) bond motifs is 2. The third-order valence-corrected chi connectivity index (χ3v) is 13.0. The first-order valence-corrected chi connectivity index (χ1v) is 23.2. The van der Waals surface area contributed by atoms with Crippen LogP contribution < -0.4 is 24.0 Å². The first kappa shape index (κ1) is 49.0. The van der Waals surface area contributed by atoms with Gasteiger partial charge in [0.1, 0.15) is 41.4 Å². The number of aromatic nitrogens is 6. The SMILES string of the molecule is C=CC(=O)N1CCN(c2nc(Cl)nc3nc(-c4c(F)cccc4OC)c(Cl)cc23)CC1.C=CC(=O)N1CCN(c2nc(OC[C@@H]3CCCN3C)nc3nc(-c4c(F)cccc4OC)c(Cl)cc23)CC1. The number of carbonyl (C=O) groups excluding carboxylic acids is 2. The zero-order valence-electron chi connectivity index (χ0n) is 38.1. The van der Waals surface area contributed by atoms with Gasteiger partial charge < -0.3 is 38.7 Å². The molecule has 0 N–H and O–H groups in total. The van der Waals surface area contributed by atoms with Crippen molar-refractivity contribution >= 4 is 80.3 Å². The lowest BCUT2D eigenvalue weighted by Gasteiger charge is -2.35. The molecule has 3 aliphatic rings. The number of nitrogens with zero attached hydrogens (tertiary/aromatic N) is 11. The van der Waals surface area contributed by atoms with E-state index in [9.17, 15) is 18.4 Å². The summed E-state index contributed by atoms with van der Waals surface area (Å²) < 4.78 is 46.3. The smallest absolute Gasteiger partial charge is 0.320 e. The first-order valence-electron chi connectivity index (χ1n) is 22.1. The summed E-state index contributed by atoms with van der Waals surface area (Å²) in [4.78, 5) is 60.8. The van der Waals surface area contributed by atoms with Gasteiger partial charge in [0.05, 0.1) is 57.6 Å². The van der Waals surface area contributed by atoms with Gasteiger partial charge in [-0.3, -0.25) is 9.59 Å². The van der Waals surface area contributed by atoms with Crippen LogP contribution in [0.15, 0.2) is 73.8 Å². The molecule has 360 valence electrons. The van der Waals surface area contributed by atoms with E-state index >= 15 is 0 Å². The molecule has 69 heavy (non-hydrogen) atoms. The number of hydrogen-bond acceptors (Lipinski definition) is 14. The molecule has 2 aromatic carbocycles. The molecule has 0 unspecified atom stereocenters. The molecule has 7 heterocycles. The van der Waals surface area contributed by atoms with E-state index in [1.807, 2.05) is 4.90 Å². The van der Waals surface area contributed by atoms with Crippen LogP contribution in [0.5, 0.6) is 17.5 Å². The molecule has 3 saturated heterocycles. The van der Waals surface area contributed by atoms with Gasteiger partial charge in [-0.1, -0.05) is 48.5 Å². The third kappa shape index (κ3) is 10.4. The lowest BCUT2D eigenvalue weighted by atomic mass is 10.1. The summed E-state index contributed by atoms with van der Waals surface area (Å²) in [7, 11) is 4.99. The molecule has 0 bridgehead atoms. The predicted molar refractivity (Wildman–Crippen MR) is 263 cm³/mol. The number of hydrogen-bond donors (Lipinski definition) is 0. The number of rotatable bonds is 11. The van der Waals surface area contributed by atoms with E-state index in [-0.39, 0.29) is 67.4 Å². The highest BCUT2D eigenvalue weighted by molar-refractivity contribution is 6.34. The molecule has 21 heteroatoms. The van der Waals surface area contributed by atoms with Crippen LogP contribution in [-0.4, -0.2) is 149 Å². The average Bonchev–Trinajstić information content (AvgIpc) is 3.78. The van der Waals surface area contributed by atoms with E-state index in [2.05, 4.69) is 54.9 Å². The molecule has 16 nitrogen and oxygen atoms in total. The quantitative estimate of drug-likeness (QED) is 0.0916. The lowest BCUT2D eigenvalue weighted by molar-refractivity contribution is -0.127. The highest BCUT2D eigenvalue weighted by Gasteiger charge is 2.28. The molecular formula is C48H48Cl3F2N11O5. The maximum atomic E-state index is 14.9. The van der Waals surface area contributed by atoms with Gasteiger partial charge in [-0.2, -0.15) is 19.9 Å². The predicted octanol–water partition coefficient (Wildman–Crippen LogP) is 7.78. The van der Waals surface area contributed by atoms with Gasteiger partial charge >= 0.3 is 6.01 Å². The Balaban J connectivity index is 0.000000190. The minimum Gasteiger partial charge on any atom is -0.496 e. The highest BCUT2D eigenvalue weighted by atomic mass is 35.5. The van der Waals surface area contributed by atoms with Crippen LogP contribution in [-0.2, 0) is 9.59 Å². The number of methoxy groups -OCH3 is 2. The molecule has 6 aromatic rings. The van der Waals surface area contributed by atoms with Gasteiger partial charge in [-0.05, 0) is 86.6 Å². The number of benzene rings is 2. The number of carbonyl (C=O) groups is 2. The summed E-state index contributed by atoms with van der Waals surface area (Å²) in [5.74, 6) is 0.550. The zero-order chi connectivity index (χ0) is 48.9. The Hall–Kier alpha value is -6.47. The molecule has 0 spiro atoms. The van der Waals surface area contributed by atoms with Crippen molar-refractivity contribution in [3.8, 4) is 40.0 Å². The van der Waals surface area contributed by atoms with Crippen molar-refractivity contribution in [1.82, 2.24) is 44.6 Å². The van der Waals surface area contributed by atoms with Gasteiger partial charge in [-0.15, -0.1) is 0 Å². The fourth-order valence-corrected chi connectivity index (χ4v) is 9.24. The van der Waals surface area contributed by atoms with Crippen molar-refractivity contribution in [3.63, 3.8) is 0 Å². The number of pyridine rings is 2. The Kier molecular flexibility index (Phi) is 15.2. The fourth-order valence-electron chi connectivity index (χ4n) is 8.59. The van der Waals surface area contributed by atoms with Gasteiger partial charge in [0.15, 0.2) is 11.3 Å². The Labute approximate surface area is 412 Å². The molecule has 2 amide bonds. The van der Waals surface area contributed by atoms with Crippen molar-refractivity contribution in [2.24, 2.45) is 0 Å². The molecule has 4 aromatic heterocycles. The van der Waals surface area contributed by atoms with Gasteiger partial charge in [0.2, 0.25) is 17.1 Å². The van der Waals surface area contributed by atoms with E-state index in [0.29, 0.717) is 98.5 Å². The summed E-state index contributed by atoms with van der Waals surface area (Å²) in [5, 5.41) is 1.67. The van der Waals surface area contributed by atoms with Crippen LogP contribution in [0.1, 0.15) is 12.8 Å². The monoisotopic (exact) mass is 1000 g/mol. The van der Waals surface area contributed by atoms with Crippen molar-refractivity contribution in [2.45, 2.75) is 18.9 Å². The second-order valence-corrected chi connectivity index (χ2v) is 17.4. The average molecular weight is 1000 g/mol. The van der Waals surface area contributed by atoms with E-state index in [4.69, 9.17) is 54.0 Å². The van der Waals surface area contributed by atoms with Crippen molar-refractivity contribution < 1.29 is 32.6 Å². The highest BCUT2D eigenvalue weighted by Crippen LogP contribution is 2.40. The maximum Gasteiger partial charge on any atom is 0.320 e. The number of amides is 2. The topological polar surface area (TPSA) is 155 Å². The maximum absolute atomic E-state index is 14.9. The minimum absolute atomic E-state index is 0.00775. The Morgan fingerprint density at radius 3 is 1.61 bits per heavy atom. The Bertz CT molecular complexity index is 2940. The summed E-state index contributed by atoms with van der Waals surface area (Å²) in [6.07, 6.45) is 4.79. The molecule has 0 aliphatic carbocycles. The van der Waals surface area contributed by atoms with Crippen LogP contribution in [0.2, 0.25) is 15.3 Å². The normalized spacial score (nSPS) is 16.3. The van der Waals surface area contributed by atoms with Gasteiger partial charge in [0, 0.05) is 58.4 Å². The Morgan fingerprint density at radius 2 is 1.16 bits per heavy atom. The van der Waals surface area contributed by atoms with E-state index in [1.165, 1.54) is 38.5 Å². The second-order valence-electron chi connectivity index (χ2n) is 16.3. The molecule has 0 radical (unpaired) electrons.